The first kappa shape index (κ1) is 18.3. The van der Waals surface area contributed by atoms with Crippen molar-refractivity contribution in [3.8, 4) is 0 Å². The van der Waals surface area contributed by atoms with Gasteiger partial charge in [-0.05, 0) is 29.5 Å². The highest BCUT2D eigenvalue weighted by Crippen LogP contribution is 2.42. The van der Waals surface area contributed by atoms with Crippen molar-refractivity contribution in [3.05, 3.63) is 87.1 Å². The lowest BCUT2D eigenvalue weighted by atomic mass is 9.96. The van der Waals surface area contributed by atoms with Crippen molar-refractivity contribution in [2.45, 2.75) is 45.2 Å². The fourth-order valence-electron chi connectivity index (χ4n) is 3.37. The Labute approximate surface area is 153 Å². The molecule has 1 aliphatic heterocycles. The first-order valence-electron chi connectivity index (χ1n) is 8.94. The number of nitro groups is 1. The summed E-state index contributed by atoms with van der Waals surface area (Å²) in [5, 5.41) is 10.7. The van der Waals surface area contributed by atoms with E-state index in [1.54, 1.807) is 0 Å². The minimum absolute atomic E-state index is 0.0831. The van der Waals surface area contributed by atoms with E-state index in [4.69, 9.17) is 9.47 Å². The summed E-state index contributed by atoms with van der Waals surface area (Å²) >= 11 is 0. The molecule has 5 heteroatoms. The third-order valence-electron chi connectivity index (χ3n) is 4.63. The molecule has 3 rings (SSSR count). The molecule has 1 aliphatic rings. The van der Waals surface area contributed by atoms with Crippen molar-refractivity contribution in [3.63, 3.8) is 0 Å². The molecule has 2 atom stereocenters. The number of rotatable bonds is 5. The number of ether oxygens (including phenoxy) is 2. The van der Waals surface area contributed by atoms with Crippen LogP contribution in [0.1, 0.15) is 67.4 Å². The van der Waals surface area contributed by atoms with Gasteiger partial charge in [0.2, 0.25) is 6.20 Å². The number of hydrogen-bond donors (Lipinski definition) is 0. The van der Waals surface area contributed by atoms with Gasteiger partial charge in [0.1, 0.15) is 0 Å². The summed E-state index contributed by atoms with van der Waals surface area (Å²) in [7, 11) is 0. The summed E-state index contributed by atoms with van der Waals surface area (Å²) in [4.78, 5) is 10.2. The molecule has 0 spiro atoms. The van der Waals surface area contributed by atoms with E-state index in [1.807, 2.05) is 36.4 Å². The molecule has 1 heterocycles. The second-order valence-corrected chi connectivity index (χ2v) is 6.26. The largest absolute Gasteiger partial charge is 0.340 e. The quantitative estimate of drug-likeness (QED) is 0.520. The lowest BCUT2D eigenvalue weighted by molar-refractivity contribution is -0.400. The molecule has 0 saturated heterocycles. The molecule has 0 unspecified atom stereocenters. The zero-order valence-corrected chi connectivity index (χ0v) is 15.0. The van der Waals surface area contributed by atoms with Crippen molar-refractivity contribution >= 4 is 6.08 Å². The Morgan fingerprint density at radius 1 is 0.923 bits per heavy atom. The maximum atomic E-state index is 10.7. The Balaban J connectivity index is 2.01. The molecule has 0 N–H and O–H groups in total. The van der Waals surface area contributed by atoms with Crippen LogP contribution in [0.4, 0.5) is 0 Å². The van der Waals surface area contributed by atoms with Gasteiger partial charge >= 0.3 is 0 Å². The van der Waals surface area contributed by atoms with Crippen LogP contribution in [-0.4, -0.2) is 4.92 Å². The van der Waals surface area contributed by atoms with Gasteiger partial charge in [0.05, 0.1) is 17.1 Å². The lowest BCUT2D eigenvalue weighted by Crippen LogP contribution is -2.12. The fraction of sp³-hybridized carbons (Fsp3) is 0.333. The monoisotopic (exact) mass is 353 g/mol. The van der Waals surface area contributed by atoms with Crippen molar-refractivity contribution in [2.24, 2.45) is 0 Å². The normalized spacial score (nSPS) is 20.7. The Morgan fingerprint density at radius 2 is 1.42 bits per heavy atom. The van der Waals surface area contributed by atoms with Gasteiger partial charge < -0.3 is 9.47 Å². The Bertz CT molecular complexity index is 769. The molecule has 2 aromatic carbocycles. The summed E-state index contributed by atoms with van der Waals surface area (Å²) < 4.78 is 12.7. The minimum Gasteiger partial charge on any atom is -0.340 e. The number of fused-ring (bicyclic) bond motifs is 1. The highest BCUT2D eigenvalue weighted by molar-refractivity contribution is 5.53. The highest BCUT2D eigenvalue weighted by atomic mass is 16.7. The van der Waals surface area contributed by atoms with E-state index in [-0.39, 0.29) is 12.2 Å². The second kappa shape index (κ2) is 8.25. The SMILES string of the molecule is CC[C@@H]1OC(c2ccccc2/C=C/[N+](=O)[O-])O[C@@H](CC)c2ccccc21. The summed E-state index contributed by atoms with van der Waals surface area (Å²) in [6, 6.07) is 15.7. The topological polar surface area (TPSA) is 61.6 Å². The molecular formula is C21H23NO4. The van der Waals surface area contributed by atoms with Gasteiger partial charge in [-0.15, -0.1) is 0 Å². The van der Waals surface area contributed by atoms with Crippen molar-refractivity contribution in [2.75, 3.05) is 0 Å². The van der Waals surface area contributed by atoms with Gasteiger partial charge in [-0.3, -0.25) is 10.1 Å². The van der Waals surface area contributed by atoms with Crippen LogP contribution in [0.25, 0.3) is 6.08 Å². The van der Waals surface area contributed by atoms with Gasteiger partial charge in [0.15, 0.2) is 6.29 Å². The van der Waals surface area contributed by atoms with Gasteiger partial charge in [-0.2, -0.15) is 0 Å². The van der Waals surface area contributed by atoms with Gasteiger partial charge in [0, 0.05) is 11.6 Å². The van der Waals surface area contributed by atoms with Crippen LogP contribution >= 0.6 is 0 Å². The number of benzene rings is 2. The molecule has 0 amide bonds. The molecule has 136 valence electrons. The van der Waals surface area contributed by atoms with Crippen LogP contribution in [0.2, 0.25) is 0 Å². The molecular weight excluding hydrogens is 330 g/mol. The van der Waals surface area contributed by atoms with Crippen LogP contribution in [-0.2, 0) is 9.47 Å². The predicted octanol–water partition coefficient (Wildman–Crippen LogP) is 5.58. The molecule has 0 aliphatic carbocycles. The van der Waals surface area contributed by atoms with E-state index in [1.165, 1.54) is 6.08 Å². The second-order valence-electron chi connectivity index (χ2n) is 6.26. The molecule has 0 fully saturated rings. The lowest BCUT2D eigenvalue weighted by Gasteiger charge is -2.24. The van der Waals surface area contributed by atoms with E-state index in [2.05, 4.69) is 26.0 Å². The smallest absolute Gasteiger partial charge is 0.235 e. The van der Waals surface area contributed by atoms with Gasteiger partial charge in [-0.25, -0.2) is 0 Å². The standard InChI is InChI=1S/C21H23NO4/c1-3-19-17-11-7-8-12-18(17)20(4-2)26-21(25-19)16-10-6-5-9-15(16)13-14-22(23)24/h5-14,19-21H,3-4H2,1-2H3/b14-13+/t19-,20-/m0/s1. The van der Waals surface area contributed by atoms with E-state index < -0.39 is 11.2 Å². The van der Waals surface area contributed by atoms with Crippen LogP contribution < -0.4 is 0 Å². The number of nitrogens with zero attached hydrogens (tertiary/aromatic N) is 1. The van der Waals surface area contributed by atoms with E-state index in [9.17, 15) is 10.1 Å². The molecule has 0 bridgehead atoms. The first-order valence-corrected chi connectivity index (χ1v) is 8.94. The summed E-state index contributed by atoms with van der Waals surface area (Å²) in [5.41, 5.74) is 3.84. The van der Waals surface area contributed by atoms with Crippen molar-refractivity contribution in [1.82, 2.24) is 0 Å². The van der Waals surface area contributed by atoms with Crippen LogP contribution in [0.5, 0.6) is 0 Å². The Hall–Kier alpha value is -2.50. The van der Waals surface area contributed by atoms with E-state index in [0.29, 0.717) is 0 Å². The number of hydrogen-bond acceptors (Lipinski definition) is 4. The molecule has 0 aromatic heterocycles. The van der Waals surface area contributed by atoms with Crippen LogP contribution in [0.15, 0.2) is 54.7 Å². The minimum atomic E-state index is -0.579. The zero-order chi connectivity index (χ0) is 18.5. The summed E-state index contributed by atoms with van der Waals surface area (Å²) in [5.74, 6) is 0. The van der Waals surface area contributed by atoms with Crippen LogP contribution in [0, 0.1) is 10.1 Å². The maximum absolute atomic E-state index is 10.7. The molecule has 0 saturated carbocycles. The average molecular weight is 353 g/mol. The van der Waals surface area contributed by atoms with Gasteiger partial charge in [0.25, 0.3) is 0 Å². The predicted molar refractivity (Wildman–Crippen MR) is 99.9 cm³/mol. The Morgan fingerprint density at radius 3 is 1.92 bits per heavy atom. The average Bonchev–Trinajstić information content (AvgIpc) is 2.83. The Kier molecular flexibility index (Phi) is 5.81. The summed E-state index contributed by atoms with van der Waals surface area (Å²) in [6.45, 7) is 4.17. The third-order valence-corrected chi connectivity index (χ3v) is 4.63. The van der Waals surface area contributed by atoms with Crippen molar-refractivity contribution < 1.29 is 14.4 Å². The van der Waals surface area contributed by atoms with Gasteiger partial charge in [-0.1, -0.05) is 62.4 Å². The van der Waals surface area contributed by atoms with Crippen molar-refractivity contribution in [1.29, 1.82) is 0 Å². The van der Waals surface area contributed by atoms with Crippen LogP contribution in [0.3, 0.4) is 0 Å². The maximum Gasteiger partial charge on any atom is 0.235 e. The molecule has 0 radical (unpaired) electrons. The van der Waals surface area contributed by atoms with E-state index >= 15 is 0 Å². The fourth-order valence-corrected chi connectivity index (χ4v) is 3.37. The molecule has 5 nitrogen and oxygen atoms in total. The first-order chi connectivity index (χ1) is 12.6. The summed E-state index contributed by atoms with van der Waals surface area (Å²) in [6.07, 6.45) is 3.33. The molecule has 2 aromatic rings. The third kappa shape index (κ3) is 3.84. The molecule has 26 heavy (non-hydrogen) atoms. The van der Waals surface area contributed by atoms with E-state index in [0.717, 1.165) is 41.3 Å². The zero-order valence-electron chi connectivity index (χ0n) is 15.0. The highest BCUT2D eigenvalue weighted by Gasteiger charge is 2.31.